The minimum atomic E-state index is -0.348. The lowest BCUT2D eigenvalue weighted by molar-refractivity contribution is 0.382. The van der Waals surface area contributed by atoms with Crippen molar-refractivity contribution < 1.29 is 9.13 Å². The van der Waals surface area contributed by atoms with E-state index >= 15 is 0 Å². The Kier molecular flexibility index (Phi) is 3.25. The average molecular weight is 183 g/mol. The number of halogens is 1. The molecule has 0 bridgehead atoms. The van der Waals surface area contributed by atoms with Crippen molar-refractivity contribution in [2.24, 2.45) is 5.73 Å². The second-order valence-corrected chi connectivity index (χ2v) is 2.88. The molecule has 13 heavy (non-hydrogen) atoms. The monoisotopic (exact) mass is 183 g/mol. The molecule has 0 saturated heterocycles. The largest absolute Gasteiger partial charge is 0.494 e. The summed E-state index contributed by atoms with van der Waals surface area (Å²) >= 11 is 0. The number of methoxy groups -OCH3 is 1. The number of hydrogen-bond donors (Lipinski definition) is 1. The van der Waals surface area contributed by atoms with Crippen LogP contribution in [0.1, 0.15) is 24.9 Å². The zero-order valence-electron chi connectivity index (χ0n) is 7.88. The zero-order valence-corrected chi connectivity index (χ0v) is 7.88. The summed E-state index contributed by atoms with van der Waals surface area (Å²) in [5.41, 5.74) is 6.24. The van der Waals surface area contributed by atoms with Gasteiger partial charge in [-0.05, 0) is 12.5 Å². The van der Waals surface area contributed by atoms with E-state index in [2.05, 4.69) is 0 Å². The SMILES string of the molecule is CC[C@H](N)c1cccc(OC)c1F. The molecule has 0 heterocycles. The summed E-state index contributed by atoms with van der Waals surface area (Å²) in [6.07, 6.45) is 0.712. The molecular weight excluding hydrogens is 169 g/mol. The van der Waals surface area contributed by atoms with Crippen LogP contribution in [0.4, 0.5) is 4.39 Å². The van der Waals surface area contributed by atoms with E-state index in [4.69, 9.17) is 10.5 Å². The molecule has 1 rings (SSSR count). The van der Waals surface area contributed by atoms with Gasteiger partial charge in [0.05, 0.1) is 7.11 Å². The van der Waals surface area contributed by atoms with E-state index in [0.29, 0.717) is 12.0 Å². The first-order chi connectivity index (χ1) is 6.20. The van der Waals surface area contributed by atoms with Gasteiger partial charge in [-0.3, -0.25) is 0 Å². The number of ether oxygens (including phenoxy) is 1. The van der Waals surface area contributed by atoms with Crippen molar-refractivity contribution in [1.82, 2.24) is 0 Å². The van der Waals surface area contributed by atoms with E-state index in [9.17, 15) is 4.39 Å². The first-order valence-electron chi connectivity index (χ1n) is 4.28. The van der Waals surface area contributed by atoms with E-state index in [0.717, 1.165) is 0 Å². The molecule has 0 spiro atoms. The van der Waals surface area contributed by atoms with E-state index < -0.39 is 0 Å². The third-order valence-corrected chi connectivity index (χ3v) is 2.05. The molecule has 1 atom stereocenters. The molecule has 0 aliphatic heterocycles. The molecule has 0 aromatic heterocycles. The molecule has 3 heteroatoms. The molecule has 0 radical (unpaired) electrons. The van der Waals surface area contributed by atoms with Crippen molar-refractivity contribution in [3.05, 3.63) is 29.6 Å². The molecule has 0 saturated carbocycles. The molecule has 1 aromatic rings. The van der Waals surface area contributed by atoms with Gasteiger partial charge < -0.3 is 10.5 Å². The van der Waals surface area contributed by atoms with Crippen molar-refractivity contribution in [1.29, 1.82) is 0 Å². The van der Waals surface area contributed by atoms with E-state index in [1.165, 1.54) is 7.11 Å². The highest BCUT2D eigenvalue weighted by Crippen LogP contribution is 2.24. The minimum Gasteiger partial charge on any atom is -0.494 e. The van der Waals surface area contributed by atoms with Crippen LogP contribution in [0, 0.1) is 5.82 Å². The lowest BCUT2D eigenvalue weighted by atomic mass is 10.0. The lowest BCUT2D eigenvalue weighted by Gasteiger charge is -2.12. The summed E-state index contributed by atoms with van der Waals surface area (Å²) in [5.74, 6) is -0.0965. The topological polar surface area (TPSA) is 35.2 Å². The van der Waals surface area contributed by atoms with Crippen molar-refractivity contribution in [2.75, 3.05) is 7.11 Å². The van der Waals surface area contributed by atoms with Crippen LogP contribution in [0.2, 0.25) is 0 Å². The Balaban J connectivity index is 3.08. The van der Waals surface area contributed by atoms with Crippen LogP contribution >= 0.6 is 0 Å². The highest BCUT2D eigenvalue weighted by Gasteiger charge is 2.12. The Hall–Kier alpha value is -1.09. The summed E-state index contributed by atoms with van der Waals surface area (Å²) in [5, 5.41) is 0. The van der Waals surface area contributed by atoms with Crippen LogP contribution < -0.4 is 10.5 Å². The maximum absolute atomic E-state index is 13.5. The Morgan fingerprint density at radius 2 is 2.23 bits per heavy atom. The standard InChI is InChI=1S/C10H14FNO/c1-3-8(12)7-5-4-6-9(13-2)10(7)11/h4-6,8H,3,12H2,1-2H3/t8-/m0/s1. The van der Waals surface area contributed by atoms with Gasteiger partial charge >= 0.3 is 0 Å². The highest BCUT2D eigenvalue weighted by molar-refractivity contribution is 5.32. The number of rotatable bonds is 3. The van der Waals surface area contributed by atoms with Crippen molar-refractivity contribution in [3.8, 4) is 5.75 Å². The molecule has 2 nitrogen and oxygen atoms in total. The van der Waals surface area contributed by atoms with E-state index in [1.54, 1.807) is 18.2 Å². The Bertz CT molecular complexity index is 288. The maximum atomic E-state index is 13.5. The van der Waals surface area contributed by atoms with E-state index in [1.807, 2.05) is 6.92 Å². The fourth-order valence-corrected chi connectivity index (χ4v) is 1.19. The van der Waals surface area contributed by atoms with Crippen LogP contribution in [0.3, 0.4) is 0 Å². The van der Waals surface area contributed by atoms with Gasteiger partial charge in [0.2, 0.25) is 0 Å². The van der Waals surface area contributed by atoms with Gasteiger partial charge in [-0.25, -0.2) is 4.39 Å². The van der Waals surface area contributed by atoms with Crippen LogP contribution in [-0.2, 0) is 0 Å². The van der Waals surface area contributed by atoms with Gasteiger partial charge in [-0.15, -0.1) is 0 Å². The Morgan fingerprint density at radius 1 is 1.54 bits per heavy atom. The number of benzene rings is 1. The Labute approximate surface area is 77.5 Å². The zero-order chi connectivity index (χ0) is 9.84. The smallest absolute Gasteiger partial charge is 0.169 e. The van der Waals surface area contributed by atoms with Crippen molar-refractivity contribution in [3.63, 3.8) is 0 Å². The van der Waals surface area contributed by atoms with Crippen LogP contribution in [0.5, 0.6) is 5.75 Å². The van der Waals surface area contributed by atoms with Crippen molar-refractivity contribution in [2.45, 2.75) is 19.4 Å². The maximum Gasteiger partial charge on any atom is 0.169 e. The normalized spacial score (nSPS) is 12.6. The van der Waals surface area contributed by atoms with Crippen molar-refractivity contribution >= 4 is 0 Å². The lowest BCUT2D eigenvalue weighted by Crippen LogP contribution is -2.11. The van der Waals surface area contributed by atoms with Gasteiger partial charge in [0.25, 0.3) is 0 Å². The molecule has 0 amide bonds. The molecule has 72 valence electrons. The van der Waals surface area contributed by atoms with Crippen LogP contribution in [-0.4, -0.2) is 7.11 Å². The first kappa shape index (κ1) is 9.99. The fourth-order valence-electron chi connectivity index (χ4n) is 1.19. The first-order valence-corrected chi connectivity index (χ1v) is 4.28. The summed E-state index contributed by atoms with van der Waals surface area (Å²) < 4.78 is 18.4. The summed E-state index contributed by atoms with van der Waals surface area (Å²) in [6, 6.07) is 4.76. The highest BCUT2D eigenvalue weighted by atomic mass is 19.1. The summed E-state index contributed by atoms with van der Waals surface area (Å²) in [7, 11) is 1.44. The van der Waals surface area contributed by atoms with Gasteiger partial charge in [0, 0.05) is 11.6 Å². The Morgan fingerprint density at radius 3 is 2.77 bits per heavy atom. The molecule has 2 N–H and O–H groups in total. The van der Waals surface area contributed by atoms with Gasteiger partial charge in [-0.1, -0.05) is 19.1 Å². The number of nitrogens with two attached hydrogens (primary N) is 1. The van der Waals surface area contributed by atoms with E-state index in [-0.39, 0.29) is 17.6 Å². The molecular formula is C10H14FNO. The molecule has 0 aliphatic carbocycles. The quantitative estimate of drug-likeness (QED) is 0.780. The van der Waals surface area contributed by atoms with Crippen LogP contribution in [0.15, 0.2) is 18.2 Å². The number of hydrogen-bond acceptors (Lipinski definition) is 2. The predicted octanol–water partition coefficient (Wildman–Crippen LogP) is 2.24. The van der Waals surface area contributed by atoms with Gasteiger partial charge in [-0.2, -0.15) is 0 Å². The fraction of sp³-hybridized carbons (Fsp3) is 0.400. The molecule has 0 aliphatic rings. The van der Waals surface area contributed by atoms with Gasteiger partial charge in [0.15, 0.2) is 11.6 Å². The van der Waals surface area contributed by atoms with Gasteiger partial charge in [0.1, 0.15) is 0 Å². The molecule has 0 unspecified atom stereocenters. The predicted molar refractivity (Wildman–Crippen MR) is 50.2 cm³/mol. The molecule has 1 aromatic carbocycles. The third-order valence-electron chi connectivity index (χ3n) is 2.05. The molecule has 0 fully saturated rings. The third kappa shape index (κ3) is 1.98. The average Bonchev–Trinajstić information content (AvgIpc) is 2.17. The second kappa shape index (κ2) is 4.23. The summed E-state index contributed by atoms with van der Waals surface area (Å²) in [4.78, 5) is 0. The minimum absolute atomic E-state index is 0.251. The summed E-state index contributed by atoms with van der Waals surface area (Å²) in [6.45, 7) is 1.92. The van der Waals surface area contributed by atoms with Crippen LogP contribution in [0.25, 0.3) is 0 Å². The second-order valence-electron chi connectivity index (χ2n) is 2.88.